The molecule has 0 unspecified atom stereocenters. The largest absolute Gasteiger partial charge is 0.358 e. The van der Waals surface area contributed by atoms with E-state index in [9.17, 15) is 4.79 Å². The van der Waals surface area contributed by atoms with E-state index in [0.29, 0.717) is 9.05 Å². The van der Waals surface area contributed by atoms with Crippen LogP contribution < -0.4 is 10.6 Å². The first-order valence-corrected chi connectivity index (χ1v) is 4.77. The molecule has 2 N–H and O–H groups in total. The lowest BCUT2D eigenvalue weighted by molar-refractivity contribution is -0.118. The number of hydrogen-bond donors (Lipinski definition) is 2. The third kappa shape index (κ3) is 2.74. The summed E-state index contributed by atoms with van der Waals surface area (Å²) in [5, 5.41) is 13.4. The fourth-order valence-electron chi connectivity index (χ4n) is 0.521. The summed E-state index contributed by atoms with van der Waals surface area (Å²) in [5.41, 5.74) is 0. The summed E-state index contributed by atoms with van der Waals surface area (Å²) in [6.45, 7) is 0.220. The normalized spacial score (nSPS) is 9.50. The number of carbonyl (C=O) groups excluding carboxylic acids is 1. The van der Waals surface area contributed by atoms with Crippen LogP contribution in [0.15, 0.2) is 3.92 Å². The Bertz CT molecular complexity index is 276. The number of nitrogens with one attached hydrogen (secondary N) is 2. The van der Waals surface area contributed by atoms with Crippen LogP contribution in [0.3, 0.4) is 0 Å². The summed E-state index contributed by atoms with van der Waals surface area (Å²) >= 11 is 4.50. The van der Waals surface area contributed by atoms with E-state index in [1.807, 2.05) is 0 Å². The summed E-state index contributed by atoms with van der Waals surface area (Å²) in [5.74, 6) is -0.0821. The lowest BCUT2D eigenvalue weighted by atomic mass is 10.6. The molecule has 0 atom stereocenters. The first-order chi connectivity index (χ1) is 5.72. The number of likely N-dealkylation sites (N-methyl/N-ethyl adjacent to an activating group) is 1. The lowest BCUT2D eigenvalue weighted by Gasteiger charge is -1.98. The molecule has 0 saturated carbocycles. The lowest BCUT2D eigenvalue weighted by Crippen LogP contribution is -2.26. The zero-order chi connectivity index (χ0) is 8.97. The molecule has 0 aliphatic heterocycles. The van der Waals surface area contributed by atoms with Crippen LogP contribution >= 0.6 is 27.3 Å². The van der Waals surface area contributed by atoms with Crippen molar-refractivity contribution in [2.24, 2.45) is 0 Å². The molecule has 1 aromatic heterocycles. The van der Waals surface area contributed by atoms with Gasteiger partial charge in [-0.3, -0.25) is 4.79 Å². The molecule has 0 aliphatic rings. The highest BCUT2D eigenvalue weighted by Crippen LogP contribution is 2.19. The Morgan fingerprint density at radius 1 is 1.67 bits per heavy atom. The van der Waals surface area contributed by atoms with Gasteiger partial charge >= 0.3 is 0 Å². The Morgan fingerprint density at radius 2 is 2.42 bits per heavy atom. The summed E-state index contributed by atoms with van der Waals surface area (Å²) in [7, 11) is 1.58. The van der Waals surface area contributed by atoms with Gasteiger partial charge in [0.05, 0.1) is 6.54 Å². The van der Waals surface area contributed by atoms with Gasteiger partial charge in [-0.15, -0.1) is 10.2 Å². The van der Waals surface area contributed by atoms with Crippen LogP contribution in [0.25, 0.3) is 0 Å². The van der Waals surface area contributed by atoms with Gasteiger partial charge in [0.15, 0.2) is 3.92 Å². The van der Waals surface area contributed by atoms with E-state index in [1.165, 1.54) is 11.3 Å². The van der Waals surface area contributed by atoms with Gasteiger partial charge in [0.1, 0.15) is 0 Å². The monoisotopic (exact) mass is 250 g/mol. The third-order valence-electron chi connectivity index (χ3n) is 1.08. The SMILES string of the molecule is CNC(=O)CNc1nnc(Br)s1. The molecular weight excluding hydrogens is 244 g/mol. The highest BCUT2D eigenvalue weighted by atomic mass is 79.9. The topological polar surface area (TPSA) is 66.9 Å². The van der Waals surface area contributed by atoms with Gasteiger partial charge in [-0.25, -0.2) is 0 Å². The summed E-state index contributed by atoms with van der Waals surface area (Å²) in [4.78, 5) is 10.8. The average Bonchev–Trinajstić information content (AvgIpc) is 2.47. The van der Waals surface area contributed by atoms with Crippen molar-refractivity contribution in [2.75, 3.05) is 18.9 Å². The van der Waals surface area contributed by atoms with E-state index in [4.69, 9.17) is 0 Å². The van der Waals surface area contributed by atoms with Crippen molar-refractivity contribution in [2.45, 2.75) is 0 Å². The number of rotatable bonds is 3. The minimum atomic E-state index is -0.0821. The van der Waals surface area contributed by atoms with E-state index in [2.05, 4.69) is 36.8 Å². The molecule has 0 fully saturated rings. The Morgan fingerprint density at radius 3 is 2.92 bits per heavy atom. The first kappa shape index (κ1) is 9.40. The molecule has 7 heteroatoms. The van der Waals surface area contributed by atoms with Gasteiger partial charge in [0.2, 0.25) is 11.0 Å². The molecule has 0 saturated heterocycles. The van der Waals surface area contributed by atoms with E-state index in [-0.39, 0.29) is 12.5 Å². The standard InChI is InChI=1S/C5H7BrN4OS/c1-7-3(11)2-8-5-10-9-4(6)12-5/h2H2,1H3,(H,7,11)(H,8,10). The van der Waals surface area contributed by atoms with E-state index in [0.717, 1.165) is 0 Å². The molecule has 0 aliphatic carbocycles. The van der Waals surface area contributed by atoms with Crippen molar-refractivity contribution in [3.05, 3.63) is 3.92 Å². The minimum Gasteiger partial charge on any atom is -0.358 e. The van der Waals surface area contributed by atoms with Crippen LogP contribution in [0.4, 0.5) is 5.13 Å². The molecule has 66 valence electrons. The number of carbonyl (C=O) groups is 1. The van der Waals surface area contributed by atoms with Crippen molar-refractivity contribution in [3.8, 4) is 0 Å². The molecule has 5 nitrogen and oxygen atoms in total. The zero-order valence-electron chi connectivity index (χ0n) is 6.30. The van der Waals surface area contributed by atoms with Crippen LogP contribution in [-0.4, -0.2) is 29.7 Å². The quantitative estimate of drug-likeness (QED) is 0.818. The van der Waals surface area contributed by atoms with Crippen LogP contribution in [0.1, 0.15) is 0 Å². The highest BCUT2D eigenvalue weighted by molar-refractivity contribution is 9.11. The van der Waals surface area contributed by atoms with Crippen LogP contribution in [0, 0.1) is 0 Å². The highest BCUT2D eigenvalue weighted by Gasteiger charge is 2.02. The number of hydrogen-bond acceptors (Lipinski definition) is 5. The molecule has 0 bridgehead atoms. The van der Waals surface area contributed by atoms with Gasteiger partial charge in [-0.1, -0.05) is 11.3 Å². The Kier molecular flexibility index (Phi) is 3.42. The van der Waals surface area contributed by atoms with Crippen molar-refractivity contribution < 1.29 is 4.79 Å². The molecule has 1 heterocycles. The van der Waals surface area contributed by atoms with Crippen molar-refractivity contribution in [3.63, 3.8) is 0 Å². The molecule has 1 aromatic rings. The van der Waals surface area contributed by atoms with Crippen molar-refractivity contribution >= 4 is 38.3 Å². The maximum absolute atomic E-state index is 10.8. The fraction of sp³-hybridized carbons (Fsp3) is 0.400. The van der Waals surface area contributed by atoms with Crippen molar-refractivity contribution in [1.82, 2.24) is 15.5 Å². The van der Waals surface area contributed by atoms with Gasteiger partial charge in [-0.05, 0) is 15.9 Å². The van der Waals surface area contributed by atoms with Gasteiger partial charge in [0.25, 0.3) is 0 Å². The Hall–Kier alpha value is -0.690. The molecule has 1 rings (SSSR count). The first-order valence-electron chi connectivity index (χ1n) is 3.16. The summed E-state index contributed by atoms with van der Waals surface area (Å²) in [6.07, 6.45) is 0. The number of aromatic nitrogens is 2. The third-order valence-corrected chi connectivity index (χ3v) is 2.39. The number of amides is 1. The molecule has 1 amide bonds. The smallest absolute Gasteiger partial charge is 0.239 e. The van der Waals surface area contributed by atoms with E-state index >= 15 is 0 Å². The zero-order valence-corrected chi connectivity index (χ0v) is 8.70. The van der Waals surface area contributed by atoms with Gasteiger partial charge in [-0.2, -0.15) is 0 Å². The Balaban J connectivity index is 2.38. The van der Waals surface area contributed by atoms with E-state index in [1.54, 1.807) is 7.05 Å². The summed E-state index contributed by atoms with van der Waals surface area (Å²) in [6, 6.07) is 0. The maximum atomic E-state index is 10.8. The van der Waals surface area contributed by atoms with Crippen LogP contribution in [0.5, 0.6) is 0 Å². The van der Waals surface area contributed by atoms with Crippen LogP contribution in [-0.2, 0) is 4.79 Å². The number of anilines is 1. The van der Waals surface area contributed by atoms with Crippen LogP contribution in [0.2, 0.25) is 0 Å². The maximum Gasteiger partial charge on any atom is 0.239 e. The summed E-state index contributed by atoms with van der Waals surface area (Å²) < 4.78 is 0.696. The van der Waals surface area contributed by atoms with Gasteiger partial charge in [0, 0.05) is 7.05 Å². The number of halogens is 1. The second kappa shape index (κ2) is 4.36. The predicted molar refractivity (Wildman–Crippen MR) is 50.2 cm³/mol. The molecular formula is C5H7BrN4OS. The van der Waals surface area contributed by atoms with E-state index < -0.39 is 0 Å². The minimum absolute atomic E-state index is 0.0821. The Labute approximate surface area is 81.7 Å². The molecule has 0 spiro atoms. The predicted octanol–water partition coefficient (Wildman–Crippen LogP) is 0.458. The molecule has 0 radical (unpaired) electrons. The fourth-order valence-corrected chi connectivity index (χ4v) is 1.53. The number of nitrogens with zero attached hydrogens (tertiary/aromatic N) is 2. The van der Waals surface area contributed by atoms with Gasteiger partial charge < -0.3 is 10.6 Å². The average molecular weight is 251 g/mol. The second-order valence-electron chi connectivity index (χ2n) is 1.89. The molecule has 0 aromatic carbocycles. The molecule has 12 heavy (non-hydrogen) atoms. The van der Waals surface area contributed by atoms with Crippen molar-refractivity contribution in [1.29, 1.82) is 0 Å². The second-order valence-corrected chi connectivity index (χ2v) is 4.14.